The van der Waals surface area contributed by atoms with E-state index in [1.807, 2.05) is 0 Å². The lowest BCUT2D eigenvalue weighted by atomic mass is 10.9. The molecule has 0 aromatic carbocycles. The summed E-state index contributed by atoms with van der Waals surface area (Å²) in [5, 5.41) is 0. The Morgan fingerprint density at radius 3 is 2.67 bits per heavy atom. The SMILES string of the molecule is O=CCSCBr. The van der Waals surface area contributed by atoms with Crippen molar-refractivity contribution in [1.29, 1.82) is 0 Å². The van der Waals surface area contributed by atoms with Crippen LogP contribution in [0.5, 0.6) is 0 Å². The van der Waals surface area contributed by atoms with E-state index in [1.54, 1.807) is 11.8 Å². The van der Waals surface area contributed by atoms with Crippen LogP contribution in [0, 0.1) is 0 Å². The summed E-state index contributed by atoms with van der Waals surface area (Å²) in [6.45, 7) is 0. The molecule has 0 radical (unpaired) electrons. The zero-order valence-electron chi connectivity index (χ0n) is 3.19. The summed E-state index contributed by atoms with van der Waals surface area (Å²) in [7, 11) is 0. The van der Waals surface area contributed by atoms with Crippen LogP contribution in [0.15, 0.2) is 0 Å². The minimum atomic E-state index is 0.602. The summed E-state index contributed by atoms with van der Waals surface area (Å²) in [5.74, 6) is 0.602. The summed E-state index contributed by atoms with van der Waals surface area (Å²) in [5.41, 5.74) is 0. The Labute approximate surface area is 49.6 Å². The number of aldehydes is 1. The molecule has 0 amide bonds. The molecule has 0 saturated carbocycles. The highest BCUT2D eigenvalue weighted by Gasteiger charge is 1.75. The molecule has 0 aromatic heterocycles. The van der Waals surface area contributed by atoms with Gasteiger partial charge in [0.1, 0.15) is 6.29 Å². The Kier molecular flexibility index (Phi) is 5.96. The zero-order valence-corrected chi connectivity index (χ0v) is 5.59. The molecule has 6 heavy (non-hydrogen) atoms. The van der Waals surface area contributed by atoms with Crippen molar-refractivity contribution in [2.75, 3.05) is 10.4 Å². The van der Waals surface area contributed by atoms with Crippen molar-refractivity contribution in [3.63, 3.8) is 0 Å². The maximum Gasteiger partial charge on any atom is 0.129 e. The molecule has 0 heterocycles. The van der Waals surface area contributed by atoms with Gasteiger partial charge in [-0.1, -0.05) is 15.9 Å². The highest BCUT2D eigenvalue weighted by molar-refractivity contribution is 9.11. The van der Waals surface area contributed by atoms with Gasteiger partial charge in [0.25, 0.3) is 0 Å². The molecule has 1 nitrogen and oxygen atoms in total. The van der Waals surface area contributed by atoms with Gasteiger partial charge in [0.15, 0.2) is 0 Å². The van der Waals surface area contributed by atoms with Crippen LogP contribution >= 0.6 is 27.7 Å². The van der Waals surface area contributed by atoms with Crippen molar-refractivity contribution in [1.82, 2.24) is 0 Å². The van der Waals surface area contributed by atoms with E-state index in [2.05, 4.69) is 15.9 Å². The highest BCUT2D eigenvalue weighted by Crippen LogP contribution is 1.99. The third kappa shape index (κ3) is 4.50. The maximum absolute atomic E-state index is 9.52. The van der Waals surface area contributed by atoms with E-state index in [9.17, 15) is 4.79 Å². The fraction of sp³-hybridized carbons (Fsp3) is 0.667. The second kappa shape index (κ2) is 5.50. The Morgan fingerprint density at radius 2 is 2.50 bits per heavy atom. The first-order chi connectivity index (χ1) is 2.91. The average Bonchev–Trinajstić information content (AvgIpc) is 1.61. The van der Waals surface area contributed by atoms with E-state index in [1.165, 1.54) is 0 Å². The van der Waals surface area contributed by atoms with Gasteiger partial charge in [-0.2, -0.15) is 0 Å². The molecule has 0 unspecified atom stereocenters. The Bertz CT molecular complexity index is 39.8. The Balaban J connectivity index is 2.49. The lowest BCUT2D eigenvalue weighted by Crippen LogP contribution is -1.74. The lowest BCUT2D eigenvalue weighted by molar-refractivity contribution is -0.105. The number of hydrogen-bond donors (Lipinski definition) is 0. The molecule has 0 rings (SSSR count). The second-order valence-electron chi connectivity index (χ2n) is 0.647. The smallest absolute Gasteiger partial charge is 0.129 e. The van der Waals surface area contributed by atoms with Crippen LogP contribution in [0.1, 0.15) is 0 Å². The lowest BCUT2D eigenvalue weighted by Gasteiger charge is -1.78. The topological polar surface area (TPSA) is 17.1 Å². The van der Waals surface area contributed by atoms with Crippen LogP contribution < -0.4 is 0 Å². The number of rotatable bonds is 3. The van der Waals surface area contributed by atoms with Crippen molar-refractivity contribution in [3.05, 3.63) is 0 Å². The van der Waals surface area contributed by atoms with Crippen LogP contribution in [0.4, 0.5) is 0 Å². The molecule has 0 aliphatic heterocycles. The van der Waals surface area contributed by atoms with Gasteiger partial charge >= 0.3 is 0 Å². The third-order valence-electron chi connectivity index (χ3n) is 0.263. The number of carbonyl (C=O) groups is 1. The molecule has 0 aromatic rings. The normalized spacial score (nSPS) is 8.17. The summed E-state index contributed by atoms with van der Waals surface area (Å²) in [4.78, 5) is 9.52. The van der Waals surface area contributed by atoms with Crippen LogP contribution in [-0.2, 0) is 4.79 Å². The standard InChI is InChI=1S/C3H5BrOS/c4-3-6-2-1-5/h1H,2-3H2. The van der Waals surface area contributed by atoms with Gasteiger partial charge in [-0.3, -0.25) is 0 Å². The largest absolute Gasteiger partial charge is 0.302 e. The molecule has 0 aliphatic carbocycles. The fourth-order valence-corrected chi connectivity index (χ4v) is 0.839. The second-order valence-corrected chi connectivity index (χ2v) is 2.98. The first-order valence-electron chi connectivity index (χ1n) is 1.49. The summed E-state index contributed by atoms with van der Waals surface area (Å²) < 4.78 is 0.853. The van der Waals surface area contributed by atoms with Crippen LogP contribution in [0.2, 0.25) is 0 Å². The molecular formula is C3H5BrOS. The van der Waals surface area contributed by atoms with Gasteiger partial charge in [0.05, 0.1) is 0 Å². The van der Waals surface area contributed by atoms with Crippen molar-refractivity contribution >= 4 is 34.0 Å². The van der Waals surface area contributed by atoms with Crippen LogP contribution in [0.3, 0.4) is 0 Å². The van der Waals surface area contributed by atoms with Gasteiger partial charge in [-0.25, -0.2) is 0 Å². The van der Waals surface area contributed by atoms with E-state index in [4.69, 9.17) is 0 Å². The molecule has 0 atom stereocenters. The molecule has 3 heteroatoms. The summed E-state index contributed by atoms with van der Waals surface area (Å²) in [6, 6.07) is 0. The number of hydrogen-bond acceptors (Lipinski definition) is 2. The minimum absolute atomic E-state index is 0.602. The fourth-order valence-electron chi connectivity index (χ4n) is 0.0927. The van der Waals surface area contributed by atoms with Crippen molar-refractivity contribution in [2.45, 2.75) is 0 Å². The van der Waals surface area contributed by atoms with Crippen molar-refractivity contribution in [2.24, 2.45) is 0 Å². The molecule has 0 spiro atoms. The monoisotopic (exact) mass is 168 g/mol. The highest BCUT2D eigenvalue weighted by atomic mass is 79.9. The maximum atomic E-state index is 9.52. The van der Waals surface area contributed by atoms with E-state index in [0.717, 1.165) is 10.9 Å². The minimum Gasteiger partial charge on any atom is -0.302 e. The molecule has 0 fully saturated rings. The zero-order chi connectivity index (χ0) is 4.83. The molecular weight excluding hydrogens is 164 g/mol. The first-order valence-corrected chi connectivity index (χ1v) is 3.76. The third-order valence-corrected chi connectivity index (χ3v) is 1.76. The Morgan fingerprint density at radius 1 is 1.83 bits per heavy atom. The molecule has 0 aliphatic rings. The van der Waals surface area contributed by atoms with E-state index in [-0.39, 0.29) is 0 Å². The quantitative estimate of drug-likeness (QED) is 0.359. The number of carbonyl (C=O) groups excluding carboxylic acids is 1. The van der Waals surface area contributed by atoms with Crippen molar-refractivity contribution < 1.29 is 4.79 Å². The van der Waals surface area contributed by atoms with Crippen LogP contribution in [-0.4, -0.2) is 16.7 Å². The molecule has 36 valence electrons. The van der Waals surface area contributed by atoms with Gasteiger partial charge in [-0.05, 0) is 0 Å². The van der Waals surface area contributed by atoms with E-state index < -0.39 is 0 Å². The van der Waals surface area contributed by atoms with Crippen molar-refractivity contribution in [3.8, 4) is 0 Å². The Hall–Kier alpha value is 0.500. The van der Waals surface area contributed by atoms with E-state index in [0.29, 0.717) is 5.75 Å². The van der Waals surface area contributed by atoms with E-state index >= 15 is 0 Å². The first kappa shape index (κ1) is 6.50. The predicted octanol–water partition coefficient (Wildman–Crippen LogP) is 1.27. The van der Waals surface area contributed by atoms with Gasteiger partial charge < -0.3 is 4.79 Å². The van der Waals surface area contributed by atoms with Gasteiger partial charge in [0.2, 0.25) is 0 Å². The average molecular weight is 169 g/mol. The summed E-state index contributed by atoms with van der Waals surface area (Å²) in [6.07, 6.45) is 0.895. The van der Waals surface area contributed by atoms with Crippen LogP contribution in [0.25, 0.3) is 0 Å². The molecule has 0 N–H and O–H groups in total. The molecule has 0 saturated heterocycles. The number of halogens is 1. The van der Waals surface area contributed by atoms with Gasteiger partial charge in [-0.15, -0.1) is 11.8 Å². The number of alkyl halides is 1. The number of thioether (sulfide) groups is 1. The molecule has 0 bridgehead atoms. The van der Waals surface area contributed by atoms with Gasteiger partial charge in [0, 0.05) is 10.4 Å². The predicted molar refractivity (Wildman–Crippen MR) is 32.3 cm³/mol. The summed E-state index contributed by atoms with van der Waals surface area (Å²) >= 11 is 4.71.